The van der Waals surface area contributed by atoms with Crippen LogP contribution in [0, 0.1) is 0 Å². The summed E-state index contributed by atoms with van der Waals surface area (Å²) in [6.07, 6.45) is -5.08. The van der Waals surface area contributed by atoms with E-state index in [4.69, 9.17) is 9.84 Å². The van der Waals surface area contributed by atoms with Gasteiger partial charge in [0.1, 0.15) is 5.75 Å². The minimum Gasteiger partial charge on any atom is -0.493 e. The van der Waals surface area contributed by atoms with E-state index in [1.807, 2.05) is 24.3 Å². The summed E-state index contributed by atoms with van der Waals surface area (Å²) in [7, 11) is 0. The summed E-state index contributed by atoms with van der Waals surface area (Å²) in [5.41, 5.74) is 4.54. The second-order valence-electron chi connectivity index (χ2n) is 10.9. The van der Waals surface area contributed by atoms with Gasteiger partial charge in [-0.25, -0.2) is 0 Å². The number of hydrogen-bond donors (Lipinski definition) is 2. The molecule has 0 saturated carbocycles. The molecule has 0 fully saturated rings. The minimum atomic E-state index is -4.23. The zero-order valence-electron chi connectivity index (χ0n) is 23.1. The van der Waals surface area contributed by atoms with Crippen LogP contribution in [0.2, 0.25) is 0 Å². The van der Waals surface area contributed by atoms with Crippen LogP contribution in [0.5, 0.6) is 5.75 Å². The first kappa shape index (κ1) is 30.7. The normalized spacial score (nSPS) is 12.6. The molecule has 214 valence electrons. The number of carboxylic acid groups (broad SMARTS) is 1. The number of carbonyl (C=O) groups is 2. The Morgan fingerprint density at radius 2 is 1.45 bits per heavy atom. The highest BCUT2D eigenvalue weighted by Gasteiger charge is 2.27. The molecule has 0 aliphatic heterocycles. The van der Waals surface area contributed by atoms with Crippen LogP contribution in [0.25, 0.3) is 11.1 Å². The Bertz CT molecular complexity index is 1250. The molecule has 3 aromatic rings. The number of hydrogen-bond acceptors (Lipinski definition) is 3. The van der Waals surface area contributed by atoms with Gasteiger partial charge in [0.05, 0.1) is 13.0 Å². The van der Waals surface area contributed by atoms with Crippen LogP contribution in [0.1, 0.15) is 73.9 Å². The van der Waals surface area contributed by atoms with Crippen LogP contribution in [0.3, 0.4) is 0 Å². The fourth-order valence-corrected chi connectivity index (χ4v) is 4.29. The number of alkyl halides is 3. The van der Waals surface area contributed by atoms with Gasteiger partial charge >= 0.3 is 12.1 Å². The molecule has 1 unspecified atom stereocenters. The lowest BCUT2D eigenvalue weighted by Gasteiger charge is -2.20. The van der Waals surface area contributed by atoms with E-state index in [9.17, 15) is 22.8 Å². The second kappa shape index (κ2) is 13.5. The molecule has 1 atom stereocenters. The molecule has 3 aromatic carbocycles. The Labute approximate surface area is 233 Å². The van der Waals surface area contributed by atoms with Gasteiger partial charge < -0.3 is 15.2 Å². The standard InChI is InChI=1S/C32H36F3NO4/c1-31(2,3)27-14-10-22(11-15-27)23-12-16-28(17-13-23)40-21-26(5-4-19-32(33,34)35)24-6-8-25(9-7-24)30(39)36-20-18-29(37)38/h6-17,26H,4-5,18-21H2,1-3H3,(H,36,39)(H,37,38). The van der Waals surface area contributed by atoms with Gasteiger partial charge in [-0.15, -0.1) is 0 Å². The predicted octanol–water partition coefficient (Wildman–Crippen LogP) is 7.75. The Morgan fingerprint density at radius 3 is 1.98 bits per heavy atom. The van der Waals surface area contributed by atoms with Crippen LogP contribution >= 0.6 is 0 Å². The lowest BCUT2D eigenvalue weighted by molar-refractivity contribution is -0.137. The molecule has 0 spiro atoms. The monoisotopic (exact) mass is 555 g/mol. The molecule has 0 heterocycles. The molecule has 2 N–H and O–H groups in total. The highest BCUT2D eigenvalue weighted by molar-refractivity contribution is 5.94. The lowest BCUT2D eigenvalue weighted by Crippen LogP contribution is -2.26. The van der Waals surface area contributed by atoms with Gasteiger partial charge in [0.2, 0.25) is 0 Å². The summed E-state index contributed by atoms with van der Waals surface area (Å²) in [4.78, 5) is 22.9. The summed E-state index contributed by atoms with van der Waals surface area (Å²) in [6.45, 7) is 6.69. The average Bonchev–Trinajstić information content (AvgIpc) is 2.90. The van der Waals surface area contributed by atoms with Crippen molar-refractivity contribution in [3.63, 3.8) is 0 Å². The number of nitrogens with one attached hydrogen (secondary N) is 1. The van der Waals surface area contributed by atoms with Crippen molar-refractivity contribution in [2.24, 2.45) is 0 Å². The van der Waals surface area contributed by atoms with Crippen molar-refractivity contribution in [1.29, 1.82) is 0 Å². The maximum atomic E-state index is 12.8. The number of aliphatic carboxylic acids is 1. The summed E-state index contributed by atoms with van der Waals surface area (Å²) in [6, 6.07) is 22.6. The summed E-state index contributed by atoms with van der Waals surface area (Å²) >= 11 is 0. The van der Waals surface area contributed by atoms with Crippen molar-refractivity contribution in [3.8, 4) is 16.9 Å². The molecule has 3 rings (SSSR count). The van der Waals surface area contributed by atoms with E-state index in [-0.39, 0.29) is 43.7 Å². The smallest absolute Gasteiger partial charge is 0.389 e. The zero-order valence-corrected chi connectivity index (χ0v) is 23.1. The van der Waals surface area contributed by atoms with Crippen molar-refractivity contribution in [3.05, 3.63) is 89.5 Å². The number of carboxylic acids is 1. The molecule has 5 nitrogen and oxygen atoms in total. The Hall–Kier alpha value is -3.81. The van der Waals surface area contributed by atoms with E-state index in [1.165, 1.54) is 5.56 Å². The quantitative estimate of drug-likeness (QED) is 0.240. The highest BCUT2D eigenvalue weighted by Crippen LogP contribution is 2.30. The third-order valence-corrected chi connectivity index (χ3v) is 6.67. The number of benzene rings is 3. The third-order valence-electron chi connectivity index (χ3n) is 6.67. The molecule has 1 amide bonds. The maximum Gasteiger partial charge on any atom is 0.389 e. The van der Waals surface area contributed by atoms with E-state index >= 15 is 0 Å². The lowest BCUT2D eigenvalue weighted by atomic mass is 9.86. The fourth-order valence-electron chi connectivity index (χ4n) is 4.29. The molecule has 0 radical (unpaired) electrons. The number of halogens is 3. The molecule has 0 aliphatic carbocycles. The van der Waals surface area contributed by atoms with Crippen molar-refractivity contribution >= 4 is 11.9 Å². The summed E-state index contributed by atoms with van der Waals surface area (Å²) in [5.74, 6) is -1.12. The molecule has 0 bridgehead atoms. The topological polar surface area (TPSA) is 75.6 Å². The van der Waals surface area contributed by atoms with E-state index in [0.29, 0.717) is 11.3 Å². The van der Waals surface area contributed by atoms with Crippen LogP contribution in [-0.2, 0) is 10.2 Å². The van der Waals surface area contributed by atoms with Crippen molar-refractivity contribution in [2.45, 2.75) is 64.0 Å². The maximum absolute atomic E-state index is 12.8. The van der Waals surface area contributed by atoms with E-state index in [1.54, 1.807) is 24.3 Å². The Kier molecular flexibility index (Phi) is 10.4. The van der Waals surface area contributed by atoms with Crippen LogP contribution < -0.4 is 10.1 Å². The van der Waals surface area contributed by atoms with Gasteiger partial charge in [-0.3, -0.25) is 9.59 Å². The molecule has 0 saturated heterocycles. The molecule has 0 aromatic heterocycles. The number of rotatable bonds is 12. The zero-order chi connectivity index (χ0) is 29.3. The molecule has 8 heteroatoms. The number of ether oxygens (including phenoxy) is 1. The fraction of sp³-hybridized carbons (Fsp3) is 0.375. The molecular weight excluding hydrogens is 519 g/mol. The number of amides is 1. The first-order valence-electron chi connectivity index (χ1n) is 13.3. The van der Waals surface area contributed by atoms with E-state index < -0.39 is 24.5 Å². The largest absolute Gasteiger partial charge is 0.493 e. The SMILES string of the molecule is CC(C)(C)c1ccc(-c2ccc(OCC(CCCC(F)(F)F)c3ccc(C(=O)NCCC(=O)O)cc3)cc2)cc1. The Balaban J connectivity index is 1.66. The van der Waals surface area contributed by atoms with E-state index in [0.717, 1.165) is 16.7 Å². The first-order valence-corrected chi connectivity index (χ1v) is 13.3. The average molecular weight is 556 g/mol. The van der Waals surface area contributed by atoms with Gasteiger partial charge in [0, 0.05) is 24.4 Å². The molecule has 0 aliphatic rings. The van der Waals surface area contributed by atoms with Crippen molar-refractivity contribution < 1.29 is 32.6 Å². The minimum absolute atomic E-state index is 0.00480. The predicted molar refractivity (Wildman–Crippen MR) is 150 cm³/mol. The van der Waals surface area contributed by atoms with Crippen molar-refractivity contribution in [1.82, 2.24) is 5.32 Å². The van der Waals surface area contributed by atoms with Gasteiger partial charge in [0.25, 0.3) is 5.91 Å². The van der Waals surface area contributed by atoms with Crippen molar-refractivity contribution in [2.75, 3.05) is 13.2 Å². The molecule has 40 heavy (non-hydrogen) atoms. The van der Waals surface area contributed by atoms with Gasteiger partial charge in [0.15, 0.2) is 0 Å². The van der Waals surface area contributed by atoms with Gasteiger partial charge in [-0.1, -0.05) is 69.3 Å². The third kappa shape index (κ3) is 9.74. The summed E-state index contributed by atoms with van der Waals surface area (Å²) in [5, 5.41) is 11.2. The van der Waals surface area contributed by atoms with Crippen LogP contribution in [0.15, 0.2) is 72.8 Å². The van der Waals surface area contributed by atoms with Crippen LogP contribution in [-0.4, -0.2) is 36.3 Å². The molecular formula is C32H36F3NO4. The first-order chi connectivity index (χ1) is 18.8. The summed E-state index contributed by atoms with van der Waals surface area (Å²) < 4.78 is 44.4. The highest BCUT2D eigenvalue weighted by atomic mass is 19.4. The Morgan fingerprint density at radius 1 is 0.875 bits per heavy atom. The number of carbonyl (C=O) groups excluding carboxylic acids is 1. The van der Waals surface area contributed by atoms with E-state index in [2.05, 4.69) is 50.4 Å². The van der Waals surface area contributed by atoms with Gasteiger partial charge in [-0.2, -0.15) is 13.2 Å². The second-order valence-corrected chi connectivity index (χ2v) is 10.9. The van der Waals surface area contributed by atoms with Crippen LogP contribution in [0.4, 0.5) is 13.2 Å². The van der Waals surface area contributed by atoms with Gasteiger partial charge in [-0.05, 0) is 64.8 Å².